The molecule has 3 aromatic carbocycles. The summed E-state index contributed by atoms with van der Waals surface area (Å²) in [6.07, 6.45) is 3.03. The Labute approximate surface area is 197 Å². The summed E-state index contributed by atoms with van der Waals surface area (Å²) in [7, 11) is 4.45. The highest BCUT2D eigenvalue weighted by Crippen LogP contribution is 2.29. The number of nitrogens with one attached hydrogen (secondary N) is 1. The van der Waals surface area contributed by atoms with Crippen LogP contribution in [-0.2, 0) is 11.3 Å². The molecule has 0 radical (unpaired) electrons. The number of phenolic OH excluding ortho intramolecular Hbond substituents is 2. The van der Waals surface area contributed by atoms with Gasteiger partial charge < -0.3 is 29.9 Å². The molecular formula is C26H26N2O6. The van der Waals surface area contributed by atoms with Gasteiger partial charge in [-0.25, -0.2) is 0 Å². The van der Waals surface area contributed by atoms with Crippen LogP contribution in [0.25, 0.3) is 6.08 Å². The topological polar surface area (TPSA) is 108 Å². The minimum Gasteiger partial charge on any atom is -0.504 e. The summed E-state index contributed by atoms with van der Waals surface area (Å²) in [5, 5.41) is 22.2. The molecular weight excluding hydrogens is 436 g/mol. The number of carbonyl (C=O) groups excluding carboxylic acids is 2. The van der Waals surface area contributed by atoms with Crippen molar-refractivity contribution >= 4 is 23.6 Å². The van der Waals surface area contributed by atoms with E-state index in [-0.39, 0.29) is 29.9 Å². The molecule has 0 heterocycles. The van der Waals surface area contributed by atoms with Crippen molar-refractivity contribution in [1.29, 1.82) is 0 Å². The lowest BCUT2D eigenvalue weighted by atomic mass is 10.1. The molecule has 0 fully saturated rings. The number of amides is 2. The van der Waals surface area contributed by atoms with E-state index in [9.17, 15) is 19.8 Å². The Morgan fingerprint density at radius 3 is 2.15 bits per heavy atom. The monoisotopic (exact) mass is 462 g/mol. The maximum atomic E-state index is 13.2. The Morgan fingerprint density at radius 2 is 1.53 bits per heavy atom. The summed E-state index contributed by atoms with van der Waals surface area (Å²) in [5.41, 5.74) is 2.46. The van der Waals surface area contributed by atoms with Crippen LogP contribution in [-0.4, -0.2) is 43.3 Å². The van der Waals surface area contributed by atoms with Crippen LogP contribution in [0.2, 0.25) is 0 Å². The molecule has 0 saturated carbocycles. The molecule has 0 spiro atoms. The van der Waals surface area contributed by atoms with Crippen LogP contribution in [0, 0.1) is 0 Å². The van der Waals surface area contributed by atoms with E-state index >= 15 is 0 Å². The van der Waals surface area contributed by atoms with Gasteiger partial charge in [-0.3, -0.25) is 9.59 Å². The van der Waals surface area contributed by atoms with Gasteiger partial charge in [0.05, 0.1) is 20.8 Å². The quantitative estimate of drug-likeness (QED) is 0.441. The van der Waals surface area contributed by atoms with Crippen molar-refractivity contribution in [3.05, 3.63) is 83.4 Å². The summed E-state index contributed by atoms with van der Waals surface area (Å²) in [6.45, 7) is 0.192. The van der Waals surface area contributed by atoms with Crippen molar-refractivity contribution in [2.75, 3.05) is 26.2 Å². The van der Waals surface area contributed by atoms with Gasteiger partial charge in [-0.1, -0.05) is 12.1 Å². The largest absolute Gasteiger partial charge is 0.504 e. The van der Waals surface area contributed by atoms with Gasteiger partial charge in [0.2, 0.25) is 0 Å². The van der Waals surface area contributed by atoms with Crippen molar-refractivity contribution in [3.8, 4) is 23.0 Å². The van der Waals surface area contributed by atoms with Gasteiger partial charge >= 0.3 is 0 Å². The fourth-order valence-corrected chi connectivity index (χ4v) is 3.29. The number of anilines is 1. The van der Waals surface area contributed by atoms with Crippen LogP contribution in [0.1, 0.15) is 21.5 Å². The molecule has 0 saturated heterocycles. The lowest BCUT2D eigenvalue weighted by molar-refractivity contribution is -0.114. The Hall–Kier alpha value is -4.46. The highest BCUT2D eigenvalue weighted by atomic mass is 16.5. The van der Waals surface area contributed by atoms with Crippen LogP contribution in [0.3, 0.4) is 0 Å². The van der Waals surface area contributed by atoms with E-state index in [0.29, 0.717) is 28.3 Å². The van der Waals surface area contributed by atoms with Crippen molar-refractivity contribution in [2.45, 2.75) is 6.54 Å². The summed E-state index contributed by atoms with van der Waals surface area (Å²) in [4.78, 5) is 26.7. The molecule has 34 heavy (non-hydrogen) atoms. The second-order valence-electron chi connectivity index (χ2n) is 7.32. The van der Waals surface area contributed by atoms with Crippen molar-refractivity contribution in [2.24, 2.45) is 0 Å². The fraction of sp³-hybridized carbons (Fsp3) is 0.154. The van der Waals surface area contributed by atoms with E-state index in [4.69, 9.17) is 9.47 Å². The maximum Gasteiger partial charge on any atom is 0.251 e. The van der Waals surface area contributed by atoms with Crippen molar-refractivity contribution in [1.82, 2.24) is 5.32 Å². The first-order valence-electron chi connectivity index (χ1n) is 10.4. The Kier molecular flexibility index (Phi) is 7.76. The molecule has 0 aliphatic carbocycles. The third-order valence-corrected chi connectivity index (χ3v) is 5.14. The smallest absolute Gasteiger partial charge is 0.251 e. The molecule has 176 valence electrons. The van der Waals surface area contributed by atoms with Crippen LogP contribution in [0.5, 0.6) is 23.0 Å². The highest BCUT2D eigenvalue weighted by molar-refractivity contribution is 6.04. The number of ether oxygens (including phenoxy) is 2. The van der Waals surface area contributed by atoms with Gasteiger partial charge in [0.25, 0.3) is 11.8 Å². The van der Waals surface area contributed by atoms with Gasteiger partial charge in [-0.2, -0.15) is 0 Å². The van der Waals surface area contributed by atoms with Crippen LogP contribution in [0.15, 0.2) is 66.7 Å². The van der Waals surface area contributed by atoms with E-state index in [0.717, 1.165) is 5.56 Å². The summed E-state index contributed by atoms with van der Waals surface area (Å²) in [5.74, 6) is 0.0602. The van der Waals surface area contributed by atoms with Gasteiger partial charge in [-0.05, 0) is 65.7 Å². The molecule has 3 N–H and O–H groups in total. The third kappa shape index (κ3) is 5.66. The number of methoxy groups -OCH3 is 2. The molecule has 0 aliphatic heterocycles. The first-order chi connectivity index (χ1) is 16.4. The number of benzene rings is 3. The number of rotatable bonds is 8. The highest BCUT2D eigenvalue weighted by Gasteiger charge is 2.16. The zero-order valence-corrected chi connectivity index (χ0v) is 19.1. The summed E-state index contributed by atoms with van der Waals surface area (Å²) < 4.78 is 10.3. The number of phenols is 2. The van der Waals surface area contributed by atoms with E-state index in [1.807, 2.05) is 0 Å². The van der Waals surface area contributed by atoms with E-state index in [1.165, 1.54) is 37.3 Å². The first-order valence-corrected chi connectivity index (χ1v) is 10.4. The van der Waals surface area contributed by atoms with E-state index in [2.05, 4.69) is 5.32 Å². The molecule has 0 bridgehead atoms. The number of aromatic hydroxyl groups is 2. The van der Waals surface area contributed by atoms with Crippen LogP contribution < -0.4 is 19.7 Å². The number of hydrogen-bond donors (Lipinski definition) is 3. The summed E-state index contributed by atoms with van der Waals surface area (Å²) in [6, 6.07) is 16.3. The van der Waals surface area contributed by atoms with Crippen molar-refractivity contribution in [3.63, 3.8) is 0 Å². The average Bonchev–Trinajstić information content (AvgIpc) is 2.87. The van der Waals surface area contributed by atoms with Gasteiger partial charge in [0.15, 0.2) is 23.0 Å². The van der Waals surface area contributed by atoms with Crippen LogP contribution >= 0.6 is 0 Å². The predicted octanol–water partition coefficient (Wildman–Crippen LogP) is 3.72. The number of nitrogens with zero attached hydrogens (tertiary/aromatic N) is 1. The standard InChI is InChI=1S/C26H26N2O6/c1-27-26(32)19-7-9-20(10-8-19)28(16-18-5-12-22(30)24(15-18)34-3)25(31)13-6-17-4-11-21(29)23(14-17)33-2/h4-15,29-30H,16H2,1-3H3,(H,27,32)/b13-6+. The van der Waals surface area contributed by atoms with Gasteiger partial charge in [-0.15, -0.1) is 0 Å². The van der Waals surface area contributed by atoms with Gasteiger partial charge in [0, 0.05) is 24.4 Å². The number of carbonyl (C=O) groups is 2. The number of hydrogen-bond acceptors (Lipinski definition) is 6. The Morgan fingerprint density at radius 1 is 0.912 bits per heavy atom. The second kappa shape index (κ2) is 10.9. The third-order valence-electron chi connectivity index (χ3n) is 5.14. The molecule has 3 aromatic rings. The van der Waals surface area contributed by atoms with Crippen molar-refractivity contribution < 1.29 is 29.3 Å². The van der Waals surface area contributed by atoms with Crippen LogP contribution in [0.4, 0.5) is 5.69 Å². The molecule has 8 nitrogen and oxygen atoms in total. The molecule has 0 atom stereocenters. The maximum absolute atomic E-state index is 13.2. The fourth-order valence-electron chi connectivity index (χ4n) is 3.29. The predicted molar refractivity (Wildman–Crippen MR) is 129 cm³/mol. The zero-order chi connectivity index (χ0) is 24.7. The Bertz CT molecular complexity index is 1200. The van der Waals surface area contributed by atoms with Gasteiger partial charge in [0.1, 0.15) is 0 Å². The normalized spacial score (nSPS) is 10.7. The van der Waals surface area contributed by atoms with E-state index < -0.39 is 0 Å². The SMILES string of the molecule is CNC(=O)c1ccc(N(Cc2ccc(O)c(OC)c2)C(=O)/C=C/c2ccc(O)c(OC)c2)cc1. The lowest BCUT2D eigenvalue weighted by Crippen LogP contribution is -2.29. The Balaban J connectivity index is 1.93. The lowest BCUT2D eigenvalue weighted by Gasteiger charge is -2.22. The molecule has 0 aromatic heterocycles. The molecule has 3 rings (SSSR count). The molecule has 0 unspecified atom stereocenters. The molecule has 8 heteroatoms. The summed E-state index contributed by atoms with van der Waals surface area (Å²) >= 11 is 0. The minimum absolute atomic E-state index is 0.000214. The second-order valence-corrected chi connectivity index (χ2v) is 7.32. The molecule has 0 aliphatic rings. The average molecular weight is 463 g/mol. The molecule has 2 amide bonds. The first kappa shape index (κ1) is 24.2. The zero-order valence-electron chi connectivity index (χ0n) is 19.1. The minimum atomic E-state index is -0.313. The van der Waals surface area contributed by atoms with E-state index in [1.54, 1.807) is 61.7 Å².